The van der Waals surface area contributed by atoms with Crippen molar-refractivity contribution < 1.29 is 50.0 Å². The van der Waals surface area contributed by atoms with Crippen LogP contribution in [-0.2, 0) is 14.2 Å². The number of hydrogen-bond donors (Lipinski definition) is 7. The predicted molar refractivity (Wildman–Crippen MR) is 78.6 cm³/mol. The summed E-state index contributed by atoms with van der Waals surface area (Å²) in [5.74, 6) is -1.10. The first kappa shape index (κ1) is 19.0. The molecule has 144 valence electrons. The predicted octanol–water partition coefficient (Wildman–Crippen LogP) is -3.46. The standard InChI is InChI=1S/C15H24O10/c1-14(21)4-7(17)15(22)2-3-23-13(11(14)15)25-12-10(20)9(19)8(18)6(5-16)24-12/h2-3,6-13,16-22H,4-5H2,1H3/t6-,7+,8-,9+,10-,11+,12+,13-,14+,15-/m1/s1. The van der Waals surface area contributed by atoms with Crippen LogP contribution in [-0.4, -0.2) is 96.7 Å². The van der Waals surface area contributed by atoms with Crippen LogP contribution < -0.4 is 0 Å². The molecule has 10 atom stereocenters. The normalized spacial score (nSPS) is 55.7. The fourth-order valence-electron chi connectivity index (χ4n) is 3.84. The molecule has 10 nitrogen and oxygen atoms in total. The fraction of sp³-hybridized carbons (Fsp3) is 0.867. The van der Waals surface area contributed by atoms with Gasteiger partial charge in [-0.3, -0.25) is 0 Å². The molecule has 3 rings (SSSR count). The summed E-state index contributed by atoms with van der Waals surface area (Å²) < 4.78 is 16.0. The van der Waals surface area contributed by atoms with Gasteiger partial charge in [0.15, 0.2) is 6.29 Å². The molecule has 0 aromatic carbocycles. The summed E-state index contributed by atoms with van der Waals surface area (Å²) in [6.07, 6.45) is -7.87. The van der Waals surface area contributed by atoms with Crippen LogP contribution in [0.5, 0.6) is 0 Å². The van der Waals surface area contributed by atoms with Crippen molar-refractivity contribution in [1.82, 2.24) is 0 Å². The van der Waals surface area contributed by atoms with Gasteiger partial charge in [-0.15, -0.1) is 0 Å². The first-order chi connectivity index (χ1) is 11.6. The molecule has 7 N–H and O–H groups in total. The van der Waals surface area contributed by atoms with E-state index in [2.05, 4.69) is 0 Å². The van der Waals surface area contributed by atoms with Crippen molar-refractivity contribution in [1.29, 1.82) is 0 Å². The molecule has 0 radical (unpaired) electrons. The molecule has 0 aromatic heterocycles. The molecule has 0 spiro atoms. The minimum atomic E-state index is -1.81. The molecule has 1 aliphatic carbocycles. The maximum Gasteiger partial charge on any atom is 0.210 e. The van der Waals surface area contributed by atoms with Gasteiger partial charge >= 0.3 is 0 Å². The van der Waals surface area contributed by atoms with Gasteiger partial charge in [0, 0.05) is 6.42 Å². The van der Waals surface area contributed by atoms with E-state index in [-0.39, 0.29) is 6.42 Å². The van der Waals surface area contributed by atoms with Crippen LogP contribution in [0.4, 0.5) is 0 Å². The second kappa shape index (κ2) is 6.41. The Hall–Kier alpha value is -0.820. The summed E-state index contributed by atoms with van der Waals surface area (Å²) >= 11 is 0. The minimum absolute atomic E-state index is 0.129. The first-order valence-electron chi connectivity index (χ1n) is 8.04. The monoisotopic (exact) mass is 364 g/mol. The van der Waals surface area contributed by atoms with E-state index < -0.39 is 66.8 Å². The number of fused-ring (bicyclic) bond motifs is 1. The van der Waals surface area contributed by atoms with Crippen LogP contribution in [0.25, 0.3) is 0 Å². The van der Waals surface area contributed by atoms with E-state index >= 15 is 0 Å². The van der Waals surface area contributed by atoms with Crippen molar-refractivity contribution in [3.63, 3.8) is 0 Å². The molecule has 0 amide bonds. The maximum absolute atomic E-state index is 10.7. The van der Waals surface area contributed by atoms with Crippen molar-refractivity contribution in [2.75, 3.05) is 6.61 Å². The van der Waals surface area contributed by atoms with Crippen molar-refractivity contribution in [3.05, 3.63) is 12.3 Å². The zero-order valence-electron chi connectivity index (χ0n) is 13.5. The molecule has 3 aliphatic rings. The molecule has 0 bridgehead atoms. The zero-order valence-corrected chi connectivity index (χ0v) is 13.5. The molecular formula is C15H24O10. The second-order valence-electron chi connectivity index (χ2n) is 7.08. The molecule has 25 heavy (non-hydrogen) atoms. The summed E-state index contributed by atoms with van der Waals surface area (Å²) in [5.41, 5.74) is -3.35. The van der Waals surface area contributed by atoms with Crippen molar-refractivity contribution >= 4 is 0 Å². The van der Waals surface area contributed by atoms with Crippen molar-refractivity contribution in [2.24, 2.45) is 5.92 Å². The summed E-state index contributed by atoms with van der Waals surface area (Å²) in [6.45, 7) is 0.783. The lowest BCUT2D eigenvalue weighted by molar-refractivity contribution is -0.351. The van der Waals surface area contributed by atoms with Gasteiger partial charge in [0.1, 0.15) is 30.0 Å². The van der Waals surface area contributed by atoms with Gasteiger partial charge in [0.25, 0.3) is 0 Å². The third-order valence-electron chi connectivity index (χ3n) is 5.25. The highest BCUT2D eigenvalue weighted by molar-refractivity contribution is 5.21. The number of rotatable bonds is 3. The SMILES string of the molecule is C[C@]1(O)C[C@H](O)[C@]2(O)C=CO[C@H](O[C@@H]3O[C@H](CO)[C@@H](O)[C@H](O)[C@H]3O)[C@H]21. The molecule has 2 heterocycles. The van der Waals surface area contributed by atoms with E-state index in [0.717, 1.165) is 6.26 Å². The lowest BCUT2D eigenvalue weighted by atomic mass is 9.81. The smallest absolute Gasteiger partial charge is 0.210 e. The van der Waals surface area contributed by atoms with Crippen molar-refractivity contribution in [3.8, 4) is 0 Å². The number of hydrogen-bond acceptors (Lipinski definition) is 10. The summed E-state index contributed by atoms with van der Waals surface area (Å²) in [6, 6.07) is 0. The largest absolute Gasteiger partial charge is 0.472 e. The molecule has 0 aromatic rings. The Kier molecular flexibility index (Phi) is 4.86. The average molecular weight is 364 g/mol. The second-order valence-corrected chi connectivity index (χ2v) is 7.08. The minimum Gasteiger partial charge on any atom is -0.472 e. The van der Waals surface area contributed by atoms with E-state index in [1.54, 1.807) is 0 Å². The Morgan fingerprint density at radius 1 is 1.08 bits per heavy atom. The summed E-state index contributed by atoms with van der Waals surface area (Å²) in [4.78, 5) is 0. The van der Waals surface area contributed by atoms with Gasteiger partial charge in [-0.25, -0.2) is 0 Å². The van der Waals surface area contributed by atoms with Crippen LogP contribution in [0.3, 0.4) is 0 Å². The van der Waals surface area contributed by atoms with Gasteiger partial charge in [-0.05, 0) is 13.0 Å². The van der Waals surface area contributed by atoms with Crippen LogP contribution in [0.2, 0.25) is 0 Å². The van der Waals surface area contributed by atoms with E-state index in [1.807, 2.05) is 0 Å². The summed E-state index contributed by atoms with van der Waals surface area (Å²) in [5, 5.41) is 70.2. The Morgan fingerprint density at radius 3 is 2.40 bits per heavy atom. The van der Waals surface area contributed by atoms with Gasteiger partial charge in [-0.2, -0.15) is 0 Å². The third-order valence-corrected chi connectivity index (χ3v) is 5.25. The molecule has 0 unspecified atom stereocenters. The Bertz CT molecular complexity index is 522. The van der Waals surface area contributed by atoms with Crippen LogP contribution >= 0.6 is 0 Å². The maximum atomic E-state index is 10.7. The summed E-state index contributed by atoms with van der Waals surface area (Å²) in [7, 11) is 0. The number of aliphatic hydroxyl groups is 7. The van der Waals surface area contributed by atoms with Gasteiger partial charge < -0.3 is 50.0 Å². The Morgan fingerprint density at radius 2 is 1.76 bits per heavy atom. The van der Waals surface area contributed by atoms with E-state index in [0.29, 0.717) is 0 Å². The topological polar surface area (TPSA) is 169 Å². The molecule has 2 fully saturated rings. The lowest BCUT2D eigenvalue weighted by Crippen LogP contribution is -2.61. The van der Waals surface area contributed by atoms with Crippen LogP contribution in [0.15, 0.2) is 12.3 Å². The Labute approximate surface area is 143 Å². The van der Waals surface area contributed by atoms with Gasteiger partial charge in [-0.1, -0.05) is 0 Å². The van der Waals surface area contributed by atoms with E-state index in [1.165, 1.54) is 13.0 Å². The van der Waals surface area contributed by atoms with E-state index in [9.17, 15) is 35.7 Å². The highest BCUT2D eigenvalue weighted by atomic mass is 16.8. The highest BCUT2D eigenvalue weighted by Gasteiger charge is 2.64. The van der Waals surface area contributed by atoms with Gasteiger partial charge in [0.2, 0.25) is 6.29 Å². The molecule has 2 aliphatic heterocycles. The molecule has 1 saturated heterocycles. The first-order valence-corrected chi connectivity index (χ1v) is 8.04. The lowest BCUT2D eigenvalue weighted by Gasteiger charge is -2.45. The number of ether oxygens (including phenoxy) is 3. The Balaban J connectivity index is 1.81. The third kappa shape index (κ3) is 2.97. The molecule has 1 saturated carbocycles. The average Bonchev–Trinajstić information content (AvgIpc) is 2.73. The number of aliphatic hydroxyl groups excluding tert-OH is 5. The van der Waals surface area contributed by atoms with Crippen molar-refractivity contribution in [2.45, 2.75) is 67.6 Å². The fourth-order valence-corrected chi connectivity index (χ4v) is 3.84. The molecule has 10 heteroatoms. The zero-order chi connectivity index (χ0) is 18.6. The van der Waals surface area contributed by atoms with Crippen LogP contribution in [0, 0.1) is 5.92 Å². The highest BCUT2D eigenvalue weighted by Crippen LogP contribution is 2.49. The van der Waals surface area contributed by atoms with Gasteiger partial charge in [0.05, 0.1) is 30.5 Å². The van der Waals surface area contributed by atoms with Crippen LogP contribution in [0.1, 0.15) is 13.3 Å². The quantitative estimate of drug-likeness (QED) is 0.267. The van der Waals surface area contributed by atoms with E-state index in [4.69, 9.17) is 14.2 Å². The molecular weight excluding hydrogens is 340 g/mol.